The van der Waals surface area contributed by atoms with Crippen molar-refractivity contribution >= 4 is 38.7 Å². The molecule has 12 aromatic carbocycles. The van der Waals surface area contributed by atoms with Crippen molar-refractivity contribution in [3.63, 3.8) is 0 Å². The van der Waals surface area contributed by atoms with Crippen molar-refractivity contribution in [3.05, 3.63) is 382 Å². The molecule has 8 bridgehead atoms. The van der Waals surface area contributed by atoms with Gasteiger partial charge in [-0.25, -0.2) is 18.3 Å². The summed E-state index contributed by atoms with van der Waals surface area (Å²) in [6, 6.07) is 97.4. The van der Waals surface area contributed by atoms with Gasteiger partial charge in [0.1, 0.15) is 53.0 Å². The summed E-state index contributed by atoms with van der Waals surface area (Å²) in [5, 5.41) is 0.895. The molecule has 1 aliphatic carbocycles. The molecule has 0 saturated carbocycles. The highest BCUT2D eigenvalue weighted by molar-refractivity contribution is 7.63. The van der Waals surface area contributed by atoms with E-state index in [1.165, 1.54) is 0 Å². The van der Waals surface area contributed by atoms with Gasteiger partial charge in [0, 0.05) is 110 Å². The van der Waals surface area contributed by atoms with Gasteiger partial charge in [0.25, 0.3) is 6.29 Å². The Labute approximate surface area is 640 Å². The molecular weight excluding hydrogens is 1500 g/mol. The summed E-state index contributed by atoms with van der Waals surface area (Å²) in [4.78, 5) is 0. The van der Waals surface area contributed by atoms with E-state index in [0.717, 1.165) is 66.8 Å². The molecule has 1 aromatic heterocycles. The van der Waals surface area contributed by atoms with Crippen LogP contribution in [-0.4, -0.2) is 0 Å². The topological polar surface area (TPSA) is 129 Å². The van der Waals surface area contributed by atoms with Crippen LogP contribution >= 0.6 is 22.8 Å². The van der Waals surface area contributed by atoms with Gasteiger partial charge in [-0.05, 0) is 145 Å². The van der Waals surface area contributed by atoms with E-state index in [1.807, 2.05) is 115 Å². The van der Waals surface area contributed by atoms with E-state index >= 15 is 13.7 Å². The molecule has 13 aromatic rings. The molecule has 18 rings (SSSR count). The van der Waals surface area contributed by atoms with Crippen molar-refractivity contribution in [2.75, 3.05) is 0 Å². The van der Waals surface area contributed by atoms with Gasteiger partial charge in [-0.15, -0.1) is 0 Å². The van der Waals surface area contributed by atoms with Gasteiger partial charge in [-0.1, -0.05) is 200 Å². The minimum atomic E-state index is -4.57. The van der Waals surface area contributed by atoms with Gasteiger partial charge < -0.3 is 60.6 Å². The zero-order chi connectivity index (χ0) is 71.4. The second kappa shape index (κ2) is 29.4. The lowest BCUT2D eigenvalue weighted by Crippen LogP contribution is -3.00. The predicted molar refractivity (Wildman–Crippen MR) is 414 cm³/mol. The molecule has 5 aliphatic rings. The second-order valence-electron chi connectivity index (χ2n) is 28.0. The highest BCUT2D eigenvalue weighted by Gasteiger charge is 2.47. The number of pyridine rings is 1. The Morgan fingerprint density at radius 1 is 0.280 bits per heavy atom. The van der Waals surface area contributed by atoms with E-state index in [0.29, 0.717) is 102 Å². The summed E-state index contributed by atoms with van der Waals surface area (Å²) in [6.07, 6.45) is 7.46. The van der Waals surface area contributed by atoms with Crippen molar-refractivity contribution in [2.45, 2.75) is 81.3 Å². The Hall–Kier alpha value is -10.4. The minimum absolute atomic E-state index is 0. The summed E-state index contributed by atoms with van der Waals surface area (Å²) in [5.74, 6) is 0.238. The first-order chi connectivity index (χ1) is 51.9. The Morgan fingerprint density at radius 2 is 0.514 bits per heavy atom. The van der Waals surface area contributed by atoms with Gasteiger partial charge >= 0.3 is 22.8 Å². The average molecular weight is 1580 g/mol. The van der Waals surface area contributed by atoms with Gasteiger partial charge in [-0.3, -0.25) is 0 Å². The van der Waals surface area contributed by atoms with Crippen LogP contribution in [0.5, 0.6) is 46.0 Å². The van der Waals surface area contributed by atoms with Crippen molar-refractivity contribution in [1.82, 2.24) is 0 Å². The highest BCUT2D eigenvalue weighted by atomic mass is 127. The van der Waals surface area contributed by atoms with E-state index in [2.05, 4.69) is 146 Å². The van der Waals surface area contributed by atoms with Crippen LogP contribution < -0.4 is 81.1 Å². The lowest BCUT2D eigenvalue weighted by Gasteiger charge is -2.38. The molecule has 0 saturated heterocycles. The van der Waals surface area contributed by atoms with Crippen LogP contribution in [0.2, 0.25) is 0 Å². The molecule has 0 radical (unpaired) electrons. The summed E-state index contributed by atoms with van der Waals surface area (Å²) < 4.78 is 112. The summed E-state index contributed by atoms with van der Waals surface area (Å²) in [7, 11) is -11.6. The van der Waals surface area contributed by atoms with Gasteiger partial charge in [0.15, 0.2) is 12.4 Å². The first kappa shape index (κ1) is 69.6. The van der Waals surface area contributed by atoms with Crippen LogP contribution in [0.1, 0.15) is 128 Å². The van der Waals surface area contributed by atoms with Gasteiger partial charge in [0.2, 0.25) is 0 Å². The van der Waals surface area contributed by atoms with Crippen LogP contribution in [0.3, 0.4) is 0 Å². The highest BCUT2D eigenvalue weighted by Crippen LogP contribution is 2.64. The fraction of sp³-hybridized carbons (Fsp3) is 0.154. The largest absolute Gasteiger partial charge is 1.00 e. The van der Waals surface area contributed by atoms with E-state index < -0.39 is 52.7 Å². The second-order valence-corrected chi connectivity index (χ2v) is 33.6. The zero-order valence-electron chi connectivity index (χ0n) is 58.6. The predicted octanol–water partition coefficient (Wildman–Crippen LogP) is 17.9. The van der Waals surface area contributed by atoms with E-state index in [1.54, 1.807) is 60.7 Å². The van der Waals surface area contributed by atoms with E-state index in [4.69, 9.17) is 36.6 Å². The zero-order valence-corrected chi connectivity index (χ0v) is 63.5. The number of aromatic nitrogens is 1. The Balaban J connectivity index is 0.00000840. The van der Waals surface area contributed by atoms with Crippen LogP contribution in [0.4, 0.5) is 0 Å². The quantitative estimate of drug-likeness (QED) is 0.0491. The maximum atomic E-state index is 17.0. The number of hydrogen-bond donors (Lipinski definition) is 0. The number of halogens is 1. The van der Waals surface area contributed by atoms with Gasteiger partial charge in [0.05, 0.1) is 15.9 Å². The molecule has 0 spiro atoms. The molecule has 4 aliphatic heterocycles. The average Bonchev–Trinajstić information content (AvgIpc) is 0.721. The van der Waals surface area contributed by atoms with Crippen molar-refractivity contribution < 1.29 is 78.9 Å². The summed E-state index contributed by atoms with van der Waals surface area (Å²) >= 11 is 0. The first-order valence-corrected chi connectivity index (χ1v) is 41.0. The molecule has 5 heterocycles. The molecule has 0 amide bonds. The maximum absolute atomic E-state index is 17.0. The maximum Gasteiger partial charge on any atom is 0.462 e. The monoisotopic (exact) mass is 1580 g/mol. The molecular formula is C91H75INO11P3. The number of aryl methyl sites for hydroxylation is 5. The standard InChI is InChI=1S/C91H75NO11P3.HI/c1-92-51-49-66(50-52-92)65-41-43-67(44-42-65)91-96-83-57-85-77-53-75(83)71(45-37-61-23-9-2-10-24-61)76-54-78-73(47-39-63-27-13-4-14-28-63)80-56-82-74(48-40-64-29-15-5-16-30-64)81-55-79(72(77)46-38-62-25-11-3-12-26-62)87(100-104(93,98-85)68-31-17-6-18-32-68)59-89(81)102-106(95,70-35-21-8-22-36-70)103-90(82)60-88(80)101-105(94,69-33-19-7-20-34-69)99-86(78)58-84(76)97-91;/h2-36,41-44,49-60,71-74,91H,37-40,45-48H2,1H3;1H/q+1;/p-1/t71?,72-,73+,74?,91?,104?,105?,106?;. The summed E-state index contributed by atoms with van der Waals surface area (Å²) in [5.41, 5.74) is 13.2. The Kier molecular flexibility index (Phi) is 19.1. The van der Waals surface area contributed by atoms with Crippen LogP contribution in [0.15, 0.2) is 310 Å². The number of hydrogen-bond acceptors (Lipinski definition) is 11. The van der Waals surface area contributed by atoms with Crippen LogP contribution in [0.25, 0.3) is 11.1 Å². The Morgan fingerprint density at radius 3 is 0.785 bits per heavy atom. The minimum Gasteiger partial charge on any atom is -1.00 e. The van der Waals surface area contributed by atoms with Crippen LogP contribution in [0, 0.1) is 0 Å². The first-order valence-electron chi connectivity index (χ1n) is 36.3. The van der Waals surface area contributed by atoms with Crippen molar-refractivity contribution in [2.24, 2.45) is 7.05 Å². The fourth-order valence-electron chi connectivity index (χ4n) is 15.9. The third kappa shape index (κ3) is 13.9. The molecule has 0 N–H and O–H groups in total. The number of ether oxygens (including phenoxy) is 2. The SMILES string of the molecule is C[n+]1ccc(-c2ccc(C3Oc4cc5c6cc4C(CCc4ccccc4)c4cc7c(cc4O3)OP(=O)(c3ccccc3)Oc3cc4c(cc3[C@H]7CCc3ccccc3)C(CCc3ccccc3)c3cc(c(cc3OP(=O)(c3ccccc3)O4)OP(=O)(c3ccccc3)O5)[C@@H]6CCc3ccccc3)cc2)cc1.[I-]. The fourth-order valence-corrected chi connectivity index (χ4v) is 20.7. The van der Waals surface area contributed by atoms with Crippen LogP contribution in [-0.2, 0) is 46.4 Å². The number of nitrogens with zero attached hydrogens (tertiary/aromatic N) is 1. The molecule has 6 unspecified atom stereocenters. The third-order valence-corrected chi connectivity index (χ3v) is 26.7. The van der Waals surface area contributed by atoms with E-state index in [-0.39, 0.29) is 52.3 Å². The smallest absolute Gasteiger partial charge is 0.462 e. The van der Waals surface area contributed by atoms with Crippen molar-refractivity contribution in [3.8, 4) is 57.1 Å². The molecule has 532 valence electrons. The molecule has 8 atom stereocenters. The molecule has 107 heavy (non-hydrogen) atoms. The van der Waals surface area contributed by atoms with Crippen molar-refractivity contribution in [1.29, 1.82) is 0 Å². The van der Waals surface area contributed by atoms with Gasteiger partial charge in [-0.2, -0.15) is 0 Å². The molecule has 12 nitrogen and oxygen atoms in total. The molecule has 0 fully saturated rings. The normalized spacial score (nSPS) is 21.0. The number of benzene rings is 12. The summed E-state index contributed by atoms with van der Waals surface area (Å²) in [6.45, 7) is 0. The number of rotatable bonds is 17. The molecule has 16 heteroatoms. The lowest BCUT2D eigenvalue weighted by atomic mass is 9.76. The van der Waals surface area contributed by atoms with E-state index in [9.17, 15) is 0 Å². The third-order valence-electron chi connectivity index (χ3n) is 21.3. The Bertz CT molecular complexity index is 5340. The lowest BCUT2D eigenvalue weighted by molar-refractivity contribution is -0.671.